The van der Waals surface area contributed by atoms with E-state index in [-0.39, 0.29) is 35.5 Å². The summed E-state index contributed by atoms with van der Waals surface area (Å²) in [5.74, 6) is 1.09. The van der Waals surface area contributed by atoms with Crippen LogP contribution in [0.25, 0.3) is 0 Å². The van der Waals surface area contributed by atoms with E-state index >= 15 is 0 Å². The number of carbonyl (C=O) groups excluding carboxylic acids is 2. The molecule has 2 bridgehead atoms. The van der Waals surface area contributed by atoms with Gasteiger partial charge >= 0.3 is 0 Å². The summed E-state index contributed by atoms with van der Waals surface area (Å²) in [7, 11) is 0. The number of rotatable bonds is 1. The molecule has 0 unspecified atom stereocenters. The minimum absolute atomic E-state index is 0.0936. The Morgan fingerprint density at radius 1 is 0.955 bits per heavy atom. The number of hydrogen-bond donors (Lipinski definition) is 0. The second kappa shape index (κ2) is 4.15. The first-order valence-corrected chi connectivity index (χ1v) is 8.34. The number of halogens is 2. The molecule has 1 heterocycles. The second-order valence-corrected chi connectivity index (χ2v) is 7.61. The topological polar surface area (TPSA) is 37.4 Å². The van der Waals surface area contributed by atoms with Gasteiger partial charge in [-0.05, 0) is 48.3 Å². The van der Waals surface area contributed by atoms with Crippen molar-refractivity contribution in [3.63, 3.8) is 0 Å². The molecule has 1 aromatic carbocycles. The largest absolute Gasteiger partial charge is 0.274 e. The van der Waals surface area contributed by atoms with E-state index in [0.717, 1.165) is 6.42 Å². The monoisotopic (exact) mass is 333 g/mol. The standard InChI is InChI=1S/C17H13Cl2NO2/c18-7-1-4-13(12(19)5-7)20-16(21)14-8-2-3-9(11-6-10(8)11)15(14)17(20)22/h1-5,8-11,14-15H,6H2/t8-,9+,10-,11+,14-,15+. The van der Waals surface area contributed by atoms with Crippen molar-refractivity contribution in [3.8, 4) is 0 Å². The zero-order chi connectivity index (χ0) is 15.2. The summed E-state index contributed by atoms with van der Waals surface area (Å²) in [4.78, 5) is 27.1. The van der Waals surface area contributed by atoms with Gasteiger partial charge in [0.25, 0.3) is 0 Å². The summed E-state index contributed by atoms with van der Waals surface area (Å²) in [5.41, 5.74) is 0.462. The van der Waals surface area contributed by atoms with E-state index in [0.29, 0.717) is 27.6 Å². The predicted octanol–water partition coefficient (Wildman–Crippen LogP) is 3.55. The average Bonchev–Trinajstić information content (AvgIpc) is 3.26. The molecule has 3 nitrogen and oxygen atoms in total. The van der Waals surface area contributed by atoms with E-state index in [1.165, 1.54) is 4.90 Å². The molecule has 22 heavy (non-hydrogen) atoms. The Labute approximate surface area is 137 Å². The van der Waals surface area contributed by atoms with Gasteiger partial charge in [0, 0.05) is 5.02 Å². The first-order valence-electron chi connectivity index (χ1n) is 7.59. The van der Waals surface area contributed by atoms with E-state index in [1.807, 2.05) is 0 Å². The lowest BCUT2D eigenvalue weighted by atomic mass is 9.63. The van der Waals surface area contributed by atoms with Crippen molar-refractivity contribution in [1.82, 2.24) is 0 Å². The van der Waals surface area contributed by atoms with Gasteiger partial charge in [0.2, 0.25) is 11.8 Å². The normalized spacial score (nSPS) is 40.9. The third-order valence-corrected chi connectivity index (χ3v) is 6.35. The minimum Gasteiger partial charge on any atom is -0.274 e. The summed E-state index contributed by atoms with van der Waals surface area (Å²) < 4.78 is 0. The van der Waals surface area contributed by atoms with Crippen LogP contribution < -0.4 is 4.90 Å². The summed E-state index contributed by atoms with van der Waals surface area (Å²) in [6, 6.07) is 4.90. The Balaban J connectivity index is 1.60. The van der Waals surface area contributed by atoms with Crippen molar-refractivity contribution in [2.45, 2.75) is 6.42 Å². The highest BCUT2D eigenvalue weighted by Gasteiger charge is 2.67. The van der Waals surface area contributed by atoms with E-state index in [9.17, 15) is 9.59 Å². The minimum atomic E-state index is -0.196. The molecule has 2 saturated carbocycles. The summed E-state index contributed by atoms with van der Waals surface area (Å²) in [6.45, 7) is 0. The zero-order valence-electron chi connectivity index (χ0n) is 11.6. The van der Waals surface area contributed by atoms with Gasteiger partial charge in [0.05, 0.1) is 22.5 Å². The number of benzene rings is 1. The first kappa shape index (κ1) is 13.1. The first-order chi connectivity index (χ1) is 10.6. The van der Waals surface area contributed by atoms with Gasteiger partial charge in [-0.15, -0.1) is 0 Å². The zero-order valence-corrected chi connectivity index (χ0v) is 13.1. The fourth-order valence-corrected chi connectivity index (χ4v) is 5.35. The lowest BCUT2D eigenvalue weighted by Crippen LogP contribution is -2.40. The van der Waals surface area contributed by atoms with Gasteiger partial charge in [-0.3, -0.25) is 9.59 Å². The van der Waals surface area contributed by atoms with Gasteiger partial charge in [-0.2, -0.15) is 0 Å². The number of imide groups is 1. The maximum atomic E-state index is 12.9. The Kier molecular flexibility index (Phi) is 2.48. The van der Waals surface area contributed by atoms with Crippen molar-refractivity contribution >= 4 is 40.7 Å². The van der Waals surface area contributed by atoms with Crippen LogP contribution in [0.4, 0.5) is 5.69 Å². The predicted molar refractivity (Wildman–Crippen MR) is 83.7 cm³/mol. The highest BCUT2D eigenvalue weighted by molar-refractivity contribution is 6.38. The second-order valence-electron chi connectivity index (χ2n) is 6.76. The van der Waals surface area contributed by atoms with Crippen LogP contribution in [0.1, 0.15) is 6.42 Å². The van der Waals surface area contributed by atoms with Gasteiger partial charge in [-0.1, -0.05) is 35.4 Å². The molecule has 0 aromatic heterocycles. The van der Waals surface area contributed by atoms with Crippen molar-refractivity contribution in [2.24, 2.45) is 35.5 Å². The average molecular weight is 334 g/mol. The molecule has 0 radical (unpaired) electrons. The number of nitrogens with zero attached hydrogens (tertiary/aromatic N) is 1. The van der Waals surface area contributed by atoms with Crippen molar-refractivity contribution in [3.05, 3.63) is 40.4 Å². The maximum absolute atomic E-state index is 12.9. The quantitative estimate of drug-likeness (QED) is 0.582. The summed E-state index contributed by atoms with van der Waals surface area (Å²) >= 11 is 12.1. The van der Waals surface area contributed by atoms with Crippen LogP contribution >= 0.6 is 23.2 Å². The molecular weight excluding hydrogens is 321 g/mol. The number of amides is 2. The van der Waals surface area contributed by atoms with Crippen molar-refractivity contribution in [2.75, 3.05) is 4.90 Å². The Morgan fingerprint density at radius 3 is 2.09 bits per heavy atom. The van der Waals surface area contributed by atoms with Crippen molar-refractivity contribution < 1.29 is 9.59 Å². The van der Waals surface area contributed by atoms with E-state index in [4.69, 9.17) is 23.2 Å². The van der Waals surface area contributed by atoms with Crippen molar-refractivity contribution in [1.29, 1.82) is 0 Å². The molecule has 1 aromatic rings. The smallest absolute Gasteiger partial charge is 0.238 e. The third-order valence-electron chi connectivity index (χ3n) is 5.81. The molecule has 0 spiro atoms. The highest BCUT2D eigenvalue weighted by atomic mass is 35.5. The molecule has 2 amide bonds. The molecule has 6 atom stereocenters. The molecule has 112 valence electrons. The van der Waals surface area contributed by atoms with Gasteiger partial charge in [-0.25, -0.2) is 4.90 Å². The number of carbonyl (C=O) groups is 2. The molecule has 6 rings (SSSR count). The van der Waals surface area contributed by atoms with E-state index < -0.39 is 0 Å². The molecule has 4 aliphatic carbocycles. The van der Waals surface area contributed by atoms with Crippen LogP contribution in [0.15, 0.2) is 30.4 Å². The fourth-order valence-electron chi connectivity index (χ4n) is 4.86. The van der Waals surface area contributed by atoms with Gasteiger partial charge in [0.15, 0.2) is 0 Å². The number of hydrogen-bond acceptors (Lipinski definition) is 2. The fraction of sp³-hybridized carbons (Fsp3) is 0.412. The van der Waals surface area contributed by atoms with E-state index in [2.05, 4.69) is 12.2 Å². The lowest BCUT2D eigenvalue weighted by Gasteiger charge is -2.37. The van der Waals surface area contributed by atoms with Crippen LogP contribution in [-0.2, 0) is 9.59 Å². The summed E-state index contributed by atoms with van der Waals surface area (Å²) in [6.07, 6.45) is 5.49. The Bertz CT molecular complexity index is 723. The molecule has 3 fully saturated rings. The molecule has 0 N–H and O–H groups in total. The van der Waals surface area contributed by atoms with E-state index in [1.54, 1.807) is 18.2 Å². The molecule has 1 saturated heterocycles. The molecular formula is C17H13Cl2NO2. The Morgan fingerprint density at radius 2 is 1.55 bits per heavy atom. The third kappa shape index (κ3) is 1.49. The van der Waals surface area contributed by atoms with Crippen LogP contribution in [-0.4, -0.2) is 11.8 Å². The molecule has 5 heteroatoms. The highest BCUT2D eigenvalue weighted by Crippen LogP contribution is 2.65. The van der Waals surface area contributed by atoms with Crippen LogP contribution in [0.2, 0.25) is 10.0 Å². The van der Waals surface area contributed by atoms with Crippen LogP contribution in [0.3, 0.4) is 0 Å². The van der Waals surface area contributed by atoms with Gasteiger partial charge in [0.1, 0.15) is 0 Å². The van der Waals surface area contributed by atoms with Gasteiger partial charge < -0.3 is 0 Å². The maximum Gasteiger partial charge on any atom is 0.238 e. The number of allylic oxidation sites excluding steroid dienone is 2. The SMILES string of the molecule is O=C1[C@@H]2[C@@H]3C=C[C@@H]([C@@H]4C[C@H]34)[C@@H]2C(=O)N1c1ccc(Cl)cc1Cl. The van der Waals surface area contributed by atoms with Crippen LogP contribution in [0, 0.1) is 35.5 Å². The summed E-state index contributed by atoms with van der Waals surface area (Å²) in [5, 5.41) is 0.839. The Hall–Kier alpha value is -1.32. The molecule has 1 aliphatic heterocycles. The van der Waals surface area contributed by atoms with Crippen LogP contribution in [0.5, 0.6) is 0 Å². The number of anilines is 1. The lowest BCUT2D eigenvalue weighted by molar-refractivity contribution is -0.124. The molecule has 5 aliphatic rings.